The fourth-order valence-corrected chi connectivity index (χ4v) is 5.06. The first-order chi connectivity index (χ1) is 6.57. The van der Waals surface area contributed by atoms with Gasteiger partial charge in [-0.3, -0.25) is 0 Å². The third-order valence-electron chi connectivity index (χ3n) is 2.74. The van der Waals surface area contributed by atoms with Crippen LogP contribution < -0.4 is 0 Å². The third-order valence-corrected chi connectivity index (χ3v) is 6.58. The maximum absolute atomic E-state index is 2.34. The van der Waals surface area contributed by atoms with Crippen LogP contribution in [-0.4, -0.2) is 0 Å². The lowest BCUT2D eigenvalue weighted by molar-refractivity contribution is 0.615. The molecule has 0 nitrogen and oxygen atoms in total. The van der Waals surface area contributed by atoms with Crippen molar-refractivity contribution < 1.29 is 0 Å². The van der Waals surface area contributed by atoms with Crippen LogP contribution in [-0.2, 0) is 18.3 Å². The molecule has 1 aromatic heterocycles. The molecule has 78 valence electrons. The van der Waals surface area contributed by atoms with Gasteiger partial charge >= 0.3 is 0 Å². The Kier molecular flexibility index (Phi) is 3.00. The van der Waals surface area contributed by atoms with E-state index in [-0.39, 0.29) is 0 Å². The van der Waals surface area contributed by atoms with Gasteiger partial charge in [-0.05, 0) is 31.0 Å². The van der Waals surface area contributed by atoms with Crippen LogP contribution >= 0.6 is 19.5 Å². The minimum absolute atomic E-state index is 0.387. The Morgan fingerprint density at radius 3 is 2.50 bits per heavy atom. The van der Waals surface area contributed by atoms with Gasteiger partial charge in [0.25, 0.3) is 0 Å². The molecule has 0 atom stereocenters. The minimum atomic E-state index is 0.387. The first kappa shape index (κ1) is 10.6. The first-order valence-corrected chi connectivity index (χ1v) is 7.27. The summed E-state index contributed by atoms with van der Waals surface area (Å²) in [6, 6.07) is 0. The highest BCUT2D eigenvalue weighted by Crippen LogP contribution is 2.43. The standard InChI is InChI=1S/C12H19PS/c1-12(2,3)11-13-9-7-5-4-6-8-10(9)14-11/h4-8H2,1-3H3. The Morgan fingerprint density at radius 1 is 1.07 bits per heavy atom. The summed E-state index contributed by atoms with van der Waals surface area (Å²) in [4.78, 5) is 1.72. The van der Waals surface area contributed by atoms with E-state index in [4.69, 9.17) is 0 Å². The molecular weight excluding hydrogens is 207 g/mol. The fourth-order valence-electron chi connectivity index (χ4n) is 1.85. The van der Waals surface area contributed by atoms with E-state index in [2.05, 4.69) is 32.1 Å². The van der Waals surface area contributed by atoms with Crippen molar-refractivity contribution in [3.8, 4) is 0 Å². The van der Waals surface area contributed by atoms with E-state index in [1.54, 1.807) is 23.0 Å². The molecule has 0 bridgehead atoms. The van der Waals surface area contributed by atoms with E-state index in [1.165, 1.54) is 32.1 Å². The molecule has 2 heteroatoms. The number of aryl methyl sites for hydroxylation is 2. The second-order valence-corrected chi connectivity index (χ2v) is 7.82. The van der Waals surface area contributed by atoms with Crippen LogP contribution in [0.15, 0.2) is 0 Å². The fraction of sp³-hybridized carbons (Fsp3) is 0.750. The van der Waals surface area contributed by atoms with Gasteiger partial charge in [0.1, 0.15) is 0 Å². The highest BCUT2D eigenvalue weighted by molar-refractivity contribution is 7.43. The van der Waals surface area contributed by atoms with E-state index < -0.39 is 0 Å². The van der Waals surface area contributed by atoms with Crippen molar-refractivity contribution in [2.24, 2.45) is 0 Å². The largest absolute Gasteiger partial charge is 0.139 e. The van der Waals surface area contributed by atoms with Crippen LogP contribution in [0.5, 0.6) is 0 Å². The Hall–Kier alpha value is 0.130. The van der Waals surface area contributed by atoms with Crippen molar-refractivity contribution in [1.29, 1.82) is 0 Å². The maximum Gasteiger partial charge on any atom is 0.0376 e. The predicted molar refractivity (Wildman–Crippen MR) is 66.8 cm³/mol. The molecule has 1 heterocycles. The Balaban J connectivity index is 2.31. The van der Waals surface area contributed by atoms with Crippen LogP contribution in [0.2, 0.25) is 0 Å². The second-order valence-electron chi connectivity index (χ2n) is 5.20. The molecule has 0 amide bonds. The molecule has 1 aromatic rings. The zero-order valence-electron chi connectivity index (χ0n) is 9.39. The molecule has 0 aromatic carbocycles. The predicted octanol–water partition coefficient (Wildman–Crippen LogP) is 4.89. The molecule has 0 spiro atoms. The number of rotatable bonds is 0. The first-order valence-electron chi connectivity index (χ1n) is 5.56. The van der Waals surface area contributed by atoms with Gasteiger partial charge in [0.2, 0.25) is 0 Å². The molecule has 0 saturated carbocycles. The minimum Gasteiger partial charge on any atom is -0.139 e. The van der Waals surface area contributed by atoms with E-state index >= 15 is 0 Å². The van der Waals surface area contributed by atoms with E-state index in [0.717, 1.165) is 0 Å². The average molecular weight is 226 g/mol. The molecule has 0 radical (unpaired) electrons. The van der Waals surface area contributed by atoms with Gasteiger partial charge in [-0.15, -0.1) is 11.3 Å². The van der Waals surface area contributed by atoms with Gasteiger partial charge in [0.05, 0.1) is 0 Å². The van der Waals surface area contributed by atoms with Gasteiger partial charge in [0.15, 0.2) is 0 Å². The lowest BCUT2D eigenvalue weighted by atomic mass is 10.0. The summed E-state index contributed by atoms with van der Waals surface area (Å²) in [5, 5.41) is 1.75. The molecule has 0 unspecified atom stereocenters. The van der Waals surface area contributed by atoms with Crippen LogP contribution in [0.4, 0.5) is 0 Å². The van der Waals surface area contributed by atoms with Crippen molar-refractivity contribution >= 4 is 19.5 Å². The lowest BCUT2D eigenvalue weighted by Crippen LogP contribution is -2.06. The molecule has 0 aliphatic heterocycles. The summed E-state index contributed by atoms with van der Waals surface area (Å²) in [6.45, 7) is 7.03. The molecule has 1 aliphatic rings. The van der Waals surface area contributed by atoms with E-state index in [1.807, 2.05) is 0 Å². The zero-order chi connectivity index (χ0) is 10.2. The van der Waals surface area contributed by atoms with E-state index in [9.17, 15) is 0 Å². The normalized spacial score (nSPS) is 18.2. The van der Waals surface area contributed by atoms with Crippen molar-refractivity contribution in [3.63, 3.8) is 0 Å². The Labute approximate surface area is 92.8 Å². The summed E-state index contributed by atoms with van der Waals surface area (Å²) < 4.78 is 1.67. The molecule has 0 saturated heterocycles. The molecular formula is C12H19PS. The average Bonchev–Trinajstić information content (AvgIpc) is 2.38. The highest BCUT2D eigenvalue weighted by Gasteiger charge is 2.20. The molecule has 1 aliphatic carbocycles. The van der Waals surface area contributed by atoms with Gasteiger partial charge in [-0.25, -0.2) is 0 Å². The quantitative estimate of drug-likeness (QED) is 0.552. The summed E-state index contributed by atoms with van der Waals surface area (Å²) in [6.07, 6.45) is 6.99. The molecule has 2 rings (SSSR count). The third kappa shape index (κ3) is 2.20. The van der Waals surface area contributed by atoms with Crippen molar-refractivity contribution in [2.45, 2.75) is 58.3 Å². The van der Waals surface area contributed by atoms with Crippen LogP contribution in [0, 0.1) is 0 Å². The van der Waals surface area contributed by atoms with Gasteiger partial charge in [-0.1, -0.05) is 35.4 Å². The summed E-state index contributed by atoms with van der Waals surface area (Å²) in [7, 11) is 1.55. The van der Waals surface area contributed by atoms with E-state index in [0.29, 0.717) is 5.41 Å². The van der Waals surface area contributed by atoms with Gasteiger partial charge in [0, 0.05) is 14.9 Å². The Morgan fingerprint density at radius 2 is 1.79 bits per heavy atom. The maximum atomic E-state index is 2.34. The summed E-state index contributed by atoms with van der Waals surface area (Å²) >= 11 is 2.10. The smallest absolute Gasteiger partial charge is 0.0376 e. The number of fused-ring (bicyclic) bond motifs is 1. The molecule has 0 fully saturated rings. The summed E-state index contributed by atoms with van der Waals surface area (Å²) in [5.74, 6) is 0. The van der Waals surface area contributed by atoms with Gasteiger partial charge in [-0.2, -0.15) is 0 Å². The SMILES string of the molecule is CC(C)(C)c1pc2c(s1)CCCCC2. The van der Waals surface area contributed by atoms with Crippen molar-refractivity contribution in [2.75, 3.05) is 0 Å². The zero-order valence-corrected chi connectivity index (χ0v) is 11.1. The van der Waals surface area contributed by atoms with Crippen LogP contribution in [0.3, 0.4) is 0 Å². The van der Waals surface area contributed by atoms with Crippen molar-refractivity contribution in [3.05, 3.63) is 14.8 Å². The molecule has 0 N–H and O–H groups in total. The number of hydrogen-bond acceptors (Lipinski definition) is 1. The van der Waals surface area contributed by atoms with Crippen LogP contribution in [0.1, 0.15) is 54.8 Å². The Bertz CT molecular complexity index is 296. The number of hydrogen-bond donors (Lipinski definition) is 0. The lowest BCUT2D eigenvalue weighted by Gasteiger charge is -2.14. The molecule has 14 heavy (non-hydrogen) atoms. The summed E-state index contributed by atoms with van der Waals surface area (Å²) in [5.41, 5.74) is 0.387. The van der Waals surface area contributed by atoms with Gasteiger partial charge < -0.3 is 0 Å². The van der Waals surface area contributed by atoms with Crippen molar-refractivity contribution in [1.82, 2.24) is 0 Å². The second kappa shape index (κ2) is 3.94. The van der Waals surface area contributed by atoms with Crippen LogP contribution in [0.25, 0.3) is 0 Å². The highest BCUT2D eigenvalue weighted by atomic mass is 32.1. The topological polar surface area (TPSA) is 0 Å². The monoisotopic (exact) mass is 226 g/mol.